The summed E-state index contributed by atoms with van der Waals surface area (Å²) in [7, 11) is 0. The van der Waals surface area contributed by atoms with Crippen LogP contribution in [0.1, 0.15) is 97.8 Å². The molecule has 226 valence electrons. The van der Waals surface area contributed by atoms with Crippen molar-refractivity contribution in [2.75, 3.05) is 39.4 Å². The zero-order valence-corrected chi connectivity index (χ0v) is 25.7. The van der Waals surface area contributed by atoms with Crippen LogP contribution in [-0.2, 0) is 9.47 Å². The predicted molar refractivity (Wildman–Crippen MR) is 157 cm³/mol. The fourth-order valence-electron chi connectivity index (χ4n) is 9.05. The fourth-order valence-corrected chi connectivity index (χ4v) is 9.30. The molecule has 0 spiro atoms. The number of hydrogen-bond donors (Lipinski definition) is 3. The van der Waals surface area contributed by atoms with Crippen LogP contribution in [0.3, 0.4) is 0 Å². The number of alkyl halides is 1. The lowest BCUT2D eigenvalue weighted by Crippen LogP contribution is -2.55. The van der Waals surface area contributed by atoms with E-state index in [4.69, 9.17) is 21.1 Å². The minimum absolute atomic E-state index is 0.228. The van der Waals surface area contributed by atoms with E-state index >= 15 is 0 Å². The summed E-state index contributed by atoms with van der Waals surface area (Å²) in [6.45, 7) is 11.5. The number of fused-ring (bicyclic) bond motifs is 2. The summed E-state index contributed by atoms with van der Waals surface area (Å²) in [4.78, 5) is 2.63. The molecule has 0 aromatic rings. The molecular weight excluding hydrogens is 512 g/mol. The first-order valence-electron chi connectivity index (χ1n) is 16.4. The standard InChI is InChI=1S/C32H57ClN2O4/c1-22-19-35(17-14-32(22,37)23-8-10-24(33)11-9-23)16-5-7-26-27-6-4-15-34-29(27)20-38-30-13-12-25(18-28(26)30)39-21-31(2,3)36/h22-30,34,36-37H,4-21H2,1-3H3/t22?,23-,24+,25-,26+,27-,28+,29?,30?,32?/m0/s1. The second kappa shape index (κ2) is 13.1. The number of aliphatic hydroxyl groups is 2. The van der Waals surface area contributed by atoms with Crippen LogP contribution >= 0.6 is 11.6 Å². The smallest absolute Gasteiger partial charge is 0.0824 e. The zero-order valence-electron chi connectivity index (χ0n) is 25.0. The Balaban J connectivity index is 1.18. The Morgan fingerprint density at radius 2 is 1.90 bits per heavy atom. The normalized spacial score (nSPS) is 44.3. The number of piperidine rings is 2. The first-order chi connectivity index (χ1) is 18.6. The second-order valence-electron chi connectivity index (χ2n) is 14.7. The predicted octanol–water partition coefficient (Wildman–Crippen LogP) is 4.98. The third kappa shape index (κ3) is 7.53. The number of rotatable bonds is 8. The van der Waals surface area contributed by atoms with Crippen LogP contribution in [0.2, 0.25) is 0 Å². The maximum Gasteiger partial charge on any atom is 0.0824 e. The van der Waals surface area contributed by atoms with Crippen LogP contribution in [0, 0.1) is 29.6 Å². The minimum atomic E-state index is -0.782. The zero-order chi connectivity index (χ0) is 27.6. The lowest BCUT2D eigenvalue weighted by atomic mass is 9.67. The summed E-state index contributed by atoms with van der Waals surface area (Å²) in [6.07, 6.45) is 14.0. The quantitative estimate of drug-likeness (QED) is 0.359. The van der Waals surface area contributed by atoms with Crippen molar-refractivity contribution in [1.29, 1.82) is 0 Å². The molecule has 2 saturated carbocycles. The topological polar surface area (TPSA) is 74.2 Å². The maximum atomic E-state index is 11.7. The Morgan fingerprint density at radius 1 is 1.10 bits per heavy atom. The SMILES string of the molecule is CC1CN(CCC[C@@H]2[C@@H]3CCCNC3COC3CC[C@H](OCC(C)(C)O)C[C@@H]32)CCC1(O)[C@H]1CC[C@@H](Cl)CC1. The molecule has 3 saturated heterocycles. The monoisotopic (exact) mass is 568 g/mol. The average Bonchev–Trinajstić information content (AvgIpc) is 3.06. The van der Waals surface area contributed by atoms with Crippen LogP contribution in [0.25, 0.3) is 0 Å². The number of likely N-dealkylation sites (tertiary alicyclic amines) is 1. The molecule has 0 aromatic heterocycles. The van der Waals surface area contributed by atoms with Gasteiger partial charge in [-0.1, -0.05) is 6.92 Å². The van der Waals surface area contributed by atoms with Gasteiger partial charge in [0.25, 0.3) is 0 Å². The lowest BCUT2D eigenvalue weighted by Gasteiger charge is -2.49. The van der Waals surface area contributed by atoms with Gasteiger partial charge in [0.15, 0.2) is 0 Å². The van der Waals surface area contributed by atoms with E-state index in [2.05, 4.69) is 17.1 Å². The highest BCUT2D eigenvalue weighted by Crippen LogP contribution is 2.46. The van der Waals surface area contributed by atoms with Gasteiger partial charge in [0, 0.05) is 24.5 Å². The molecule has 8 atom stereocenters. The molecule has 2 aliphatic carbocycles. The average molecular weight is 569 g/mol. The van der Waals surface area contributed by atoms with Crippen LogP contribution in [0.4, 0.5) is 0 Å². The Labute approximate surface area is 242 Å². The molecule has 4 unspecified atom stereocenters. The van der Waals surface area contributed by atoms with E-state index in [9.17, 15) is 10.2 Å². The van der Waals surface area contributed by atoms with Crippen molar-refractivity contribution in [3.8, 4) is 0 Å². The van der Waals surface area contributed by atoms with Gasteiger partial charge in [-0.3, -0.25) is 0 Å². The van der Waals surface area contributed by atoms with Gasteiger partial charge in [-0.2, -0.15) is 0 Å². The first-order valence-corrected chi connectivity index (χ1v) is 16.8. The van der Waals surface area contributed by atoms with E-state index in [1.807, 2.05) is 13.8 Å². The van der Waals surface area contributed by atoms with Gasteiger partial charge in [0.05, 0.1) is 36.6 Å². The number of halogens is 1. The van der Waals surface area contributed by atoms with Crippen molar-refractivity contribution in [1.82, 2.24) is 10.2 Å². The first kappa shape index (κ1) is 30.5. The third-order valence-electron chi connectivity index (χ3n) is 11.3. The molecule has 0 amide bonds. The minimum Gasteiger partial charge on any atom is -0.389 e. The van der Waals surface area contributed by atoms with Crippen LogP contribution in [0.15, 0.2) is 0 Å². The van der Waals surface area contributed by atoms with E-state index in [0.29, 0.717) is 53.7 Å². The fraction of sp³-hybridized carbons (Fsp3) is 1.00. The van der Waals surface area contributed by atoms with Crippen molar-refractivity contribution < 1.29 is 19.7 Å². The van der Waals surface area contributed by atoms with Crippen LogP contribution in [0.5, 0.6) is 0 Å². The van der Waals surface area contributed by atoms with Gasteiger partial charge < -0.3 is 29.9 Å². The largest absolute Gasteiger partial charge is 0.389 e. The highest BCUT2D eigenvalue weighted by molar-refractivity contribution is 6.20. The summed E-state index contributed by atoms with van der Waals surface area (Å²) in [5, 5.41) is 26.0. The molecule has 3 N–H and O–H groups in total. The van der Waals surface area contributed by atoms with Crippen molar-refractivity contribution in [2.45, 2.75) is 133 Å². The van der Waals surface area contributed by atoms with Gasteiger partial charge in [0.1, 0.15) is 0 Å². The van der Waals surface area contributed by atoms with Crippen molar-refractivity contribution in [3.63, 3.8) is 0 Å². The Bertz CT molecular complexity index is 772. The number of nitrogens with one attached hydrogen (secondary N) is 1. The molecule has 3 heterocycles. The van der Waals surface area contributed by atoms with Gasteiger partial charge >= 0.3 is 0 Å². The number of ether oxygens (including phenoxy) is 2. The molecule has 0 aromatic carbocycles. The Morgan fingerprint density at radius 3 is 2.64 bits per heavy atom. The molecule has 5 rings (SSSR count). The van der Waals surface area contributed by atoms with Crippen molar-refractivity contribution >= 4 is 11.6 Å². The highest BCUT2D eigenvalue weighted by Gasteiger charge is 2.47. The maximum absolute atomic E-state index is 11.7. The van der Waals surface area contributed by atoms with Gasteiger partial charge in [-0.15, -0.1) is 11.6 Å². The van der Waals surface area contributed by atoms with Crippen LogP contribution < -0.4 is 5.32 Å². The lowest BCUT2D eigenvalue weighted by molar-refractivity contribution is -0.116. The van der Waals surface area contributed by atoms with Crippen molar-refractivity contribution in [2.24, 2.45) is 29.6 Å². The second-order valence-corrected chi connectivity index (χ2v) is 15.3. The molecule has 6 nitrogen and oxygen atoms in total. The van der Waals surface area contributed by atoms with E-state index in [0.717, 1.165) is 84.2 Å². The van der Waals surface area contributed by atoms with E-state index in [1.165, 1.54) is 25.7 Å². The molecule has 0 bridgehead atoms. The number of hydrogen-bond acceptors (Lipinski definition) is 6. The van der Waals surface area contributed by atoms with E-state index in [-0.39, 0.29) is 6.10 Å². The van der Waals surface area contributed by atoms with Gasteiger partial charge in [-0.25, -0.2) is 0 Å². The summed E-state index contributed by atoms with van der Waals surface area (Å²) in [6, 6.07) is 0.484. The van der Waals surface area contributed by atoms with Crippen LogP contribution in [-0.4, -0.2) is 89.3 Å². The van der Waals surface area contributed by atoms with Gasteiger partial charge in [-0.05, 0) is 134 Å². The number of nitrogens with zero attached hydrogens (tertiary/aromatic N) is 1. The summed E-state index contributed by atoms with van der Waals surface area (Å²) >= 11 is 6.37. The molecular formula is C32H57ClN2O4. The molecule has 5 aliphatic rings. The van der Waals surface area contributed by atoms with E-state index < -0.39 is 11.2 Å². The third-order valence-corrected chi connectivity index (χ3v) is 11.7. The van der Waals surface area contributed by atoms with Crippen molar-refractivity contribution in [3.05, 3.63) is 0 Å². The molecule has 0 radical (unpaired) electrons. The molecule has 7 heteroatoms. The Kier molecular flexibility index (Phi) is 10.3. The summed E-state index contributed by atoms with van der Waals surface area (Å²) < 4.78 is 12.8. The van der Waals surface area contributed by atoms with Gasteiger partial charge in [0.2, 0.25) is 0 Å². The molecule has 3 aliphatic heterocycles. The Hall–Kier alpha value is 0.0500. The highest BCUT2D eigenvalue weighted by atomic mass is 35.5. The molecule has 39 heavy (non-hydrogen) atoms. The summed E-state index contributed by atoms with van der Waals surface area (Å²) in [5.74, 6) is 2.62. The summed E-state index contributed by atoms with van der Waals surface area (Å²) in [5.41, 5.74) is -1.30. The van der Waals surface area contributed by atoms with E-state index in [1.54, 1.807) is 0 Å². The molecule has 5 fully saturated rings.